The summed E-state index contributed by atoms with van der Waals surface area (Å²) in [6, 6.07) is 0. The largest absolute Gasteiger partial charge is 0.469 e. The van der Waals surface area contributed by atoms with Crippen molar-refractivity contribution in [3.05, 3.63) is 12.2 Å². The lowest BCUT2D eigenvalue weighted by atomic mass is 9.86. The lowest BCUT2D eigenvalue weighted by Gasteiger charge is -2.32. The summed E-state index contributed by atoms with van der Waals surface area (Å²) in [5.74, 6) is -0.299. The van der Waals surface area contributed by atoms with Crippen molar-refractivity contribution in [1.29, 1.82) is 0 Å². The van der Waals surface area contributed by atoms with Gasteiger partial charge in [-0.25, -0.2) is 4.39 Å². The minimum atomic E-state index is -1.10. The van der Waals surface area contributed by atoms with E-state index >= 15 is 4.39 Å². The van der Waals surface area contributed by atoms with Gasteiger partial charge in [-0.15, -0.1) is 0 Å². The van der Waals surface area contributed by atoms with Gasteiger partial charge in [0.05, 0.1) is 25.4 Å². The standard InChI is InChI=1S/C32H52FIO7/c1-4-5-11-21(2)24(39-28-14-6-8-18-37-28)17-16-22-25(40-29-15-7-9-19-38-29)20-26-30(22)31(33)32(41-26)23(34)12-10-13-27(35)36-3/h16-17,21-26,28-32H,4-15,18-20H2,1-3H3/b17-16+/t21?,22-,23?,24-,25+,26-,28?,29?,30+,31?,32?/m0/s1. The van der Waals surface area contributed by atoms with Crippen LogP contribution in [0.4, 0.5) is 4.39 Å². The van der Waals surface area contributed by atoms with Crippen molar-refractivity contribution < 1.29 is 37.6 Å². The molecule has 6 unspecified atom stereocenters. The maximum atomic E-state index is 16.3. The molecule has 7 nitrogen and oxygen atoms in total. The van der Waals surface area contributed by atoms with Gasteiger partial charge in [-0.05, 0) is 63.7 Å². The van der Waals surface area contributed by atoms with E-state index in [4.69, 9.17) is 28.4 Å². The topological polar surface area (TPSA) is 72.5 Å². The number of carbonyl (C=O) groups excluding carboxylic acids is 1. The zero-order chi connectivity index (χ0) is 29.2. The van der Waals surface area contributed by atoms with E-state index in [1.807, 2.05) is 0 Å². The minimum Gasteiger partial charge on any atom is -0.469 e. The molecule has 3 aliphatic heterocycles. The number of fused-ring (bicyclic) bond motifs is 1. The molecular formula is C32H52FIO7. The number of carbonyl (C=O) groups is 1. The molecule has 1 saturated carbocycles. The van der Waals surface area contributed by atoms with E-state index in [1.165, 1.54) is 7.11 Å². The van der Waals surface area contributed by atoms with E-state index in [1.54, 1.807) is 0 Å². The van der Waals surface area contributed by atoms with Crippen molar-refractivity contribution in [3.63, 3.8) is 0 Å². The third-order valence-electron chi connectivity index (χ3n) is 9.23. The Balaban J connectivity index is 1.48. The van der Waals surface area contributed by atoms with Crippen molar-refractivity contribution >= 4 is 28.6 Å². The van der Waals surface area contributed by atoms with E-state index in [0.717, 1.165) is 64.4 Å². The Hall–Kier alpha value is -0.330. The summed E-state index contributed by atoms with van der Waals surface area (Å²) in [5.41, 5.74) is 0. The van der Waals surface area contributed by atoms with E-state index in [9.17, 15) is 4.79 Å². The van der Waals surface area contributed by atoms with Crippen LogP contribution in [-0.2, 0) is 33.2 Å². The average molecular weight is 695 g/mol. The zero-order valence-electron chi connectivity index (χ0n) is 25.2. The maximum absolute atomic E-state index is 16.3. The molecule has 4 fully saturated rings. The Kier molecular flexibility index (Phi) is 14.1. The van der Waals surface area contributed by atoms with Crippen molar-refractivity contribution in [2.45, 2.75) is 144 Å². The molecule has 0 bridgehead atoms. The normalized spacial score (nSPS) is 36.2. The van der Waals surface area contributed by atoms with Gasteiger partial charge < -0.3 is 28.4 Å². The second kappa shape index (κ2) is 17.2. The van der Waals surface area contributed by atoms with Crippen LogP contribution < -0.4 is 0 Å². The lowest BCUT2D eigenvalue weighted by Crippen LogP contribution is -2.37. The molecule has 0 aromatic heterocycles. The Bertz CT molecular complexity index is 803. The quantitative estimate of drug-likeness (QED) is 0.0786. The van der Waals surface area contributed by atoms with Gasteiger partial charge in [0, 0.05) is 41.8 Å². The first-order valence-electron chi connectivity index (χ1n) is 16.1. The number of esters is 1. The fraction of sp³-hybridized carbons (Fsp3) is 0.906. The van der Waals surface area contributed by atoms with Crippen LogP contribution in [0.3, 0.4) is 0 Å². The monoisotopic (exact) mass is 694 g/mol. The van der Waals surface area contributed by atoms with Crippen molar-refractivity contribution in [2.24, 2.45) is 17.8 Å². The number of hydrogen-bond donors (Lipinski definition) is 0. The number of ether oxygens (including phenoxy) is 6. The maximum Gasteiger partial charge on any atom is 0.305 e. The van der Waals surface area contributed by atoms with E-state index < -0.39 is 12.3 Å². The third kappa shape index (κ3) is 9.58. The van der Waals surface area contributed by atoms with Crippen LogP contribution >= 0.6 is 22.6 Å². The number of hydrogen-bond acceptors (Lipinski definition) is 7. The van der Waals surface area contributed by atoms with Gasteiger partial charge in [-0.3, -0.25) is 4.79 Å². The molecule has 236 valence electrons. The molecule has 0 aromatic rings. The first-order chi connectivity index (χ1) is 19.9. The number of methoxy groups -OCH3 is 1. The summed E-state index contributed by atoms with van der Waals surface area (Å²) in [7, 11) is 1.40. The molecule has 3 heterocycles. The molecule has 4 aliphatic rings. The van der Waals surface area contributed by atoms with Gasteiger partial charge in [0.1, 0.15) is 12.3 Å². The number of rotatable bonds is 15. The smallest absolute Gasteiger partial charge is 0.305 e. The molecule has 0 N–H and O–H groups in total. The molecule has 4 rings (SSSR count). The highest BCUT2D eigenvalue weighted by Gasteiger charge is 2.57. The molecule has 0 aromatic carbocycles. The van der Waals surface area contributed by atoms with Crippen molar-refractivity contribution in [2.75, 3.05) is 20.3 Å². The highest BCUT2D eigenvalue weighted by atomic mass is 127. The van der Waals surface area contributed by atoms with Gasteiger partial charge in [0.2, 0.25) is 0 Å². The fourth-order valence-electron chi connectivity index (χ4n) is 6.79. The molecule has 1 aliphatic carbocycles. The summed E-state index contributed by atoms with van der Waals surface area (Å²) in [5, 5.41) is 0. The summed E-state index contributed by atoms with van der Waals surface area (Å²) in [6.45, 7) is 5.91. The first-order valence-corrected chi connectivity index (χ1v) is 17.4. The molecule has 0 spiro atoms. The predicted octanol–water partition coefficient (Wildman–Crippen LogP) is 7.08. The molecule has 9 heteroatoms. The number of alkyl halides is 2. The van der Waals surface area contributed by atoms with Gasteiger partial charge in [-0.2, -0.15) is 0 Å². The van der Waals surface area contributed by atoms with E-state index in [0.29, 0.717) is 38.2 Å². The van der Waals surface area contributed by atoms with Crippen LogP contribution in [0.5, 0.6) is 0 Å². The number of unbranched alkanes of at least 4 members (excludes halogenated alkanes) is 1. The second-order valence-corrected chi connectivity index (χ2v) is 13.9. The molecule has 41 heavy (non-hydrogen) atoms. The van der Waals surface area contributed by atoms with Gasteiger partial charge in [0.15, 0.2) is 12.6 Å². The van der Waals surface area contributed by atoms with Crippen molar-refractivity contribution in [1.82, 2.24) is 0 Å². The highest BCUT2D eigenvalue weighted by Crippen LogP contribution is 2.49. The Morgan fingerprint density at radius 3 is 2.46 bits per heavy atom. The Labute approximate surface area is 260 Å². The van der Waals surface area contributed by atoms with Crippen LogP contribution in [0.1, 0.15) is 97.3 Å². The third-order valence-corrected chi connectivity index (χ3v) is 10.6. The van der Waals surface area contributed by atoms with E-state index in [-0.39, 0.29) is 52.6 Å². The van der Waals surface area contributed by atoms with Gasteiger partial charge in [0.25, 0.3) is 0 Å². The predicted molar refractivity (Wildman–Crippen MR) is 164 cm³/mol. The Morgan fingerprint density at radius 2 is 1.80 bits per heavy atom. The van der Waals surface area contributed by atoms with Gasteiger partial charge >= 0.3 is 5.97 Å². The summed E-state index contributed by atoms with van der Waals surface area (Å²) in [4.78, 5) is 11.6. The fourth-order valence-corrected chi connectivity index (χ4v) is 7.80. The van der Waals surface area contributed by atoms with Crippen LogP contribution in [0.2, 0.25) is 0 Å². The number of halogens is 2. The van der Waals surface area contributed by atoms with Crippen molar-refractivity contribution in [3.8, 4) is 0 Å². The SMILES string of the molecule is CCCCC(C)[C@H](/C=C/[C@@H]1[C@H]2C(F)C(C(I)CCCC(=O)OC)O[C@H]2C[C@H]1OC1CCCCO1)OC1CCCCO1. The molecule has 3 saturated heterocycles. The lowest BCUT2D eigenvalue weighted by molar-refractivity contribution is -0.195. The summed E-state index contributed by atoms with van der Waals surface area (Å²) < 4.78 is 52.3. The summed E-state index contributed by atoms with van der Waals surface area (Å²) >= 11 is 2.30. The minimum absolute atomic E-state index is 0.0165. The molecule has 0 amide bonds. The van der Waals surface area contributed by atoms with Crippen LogP contribution in [0, 0.1) is 17.8 Å². The Morgan fingerprint density at radius 1 is 1.07 bits per heavy atom. The molecule has 0 radical (unpaired) electrons. The van der Waals surface area contributed by atoms with Gasteiger partial charge in [-0.1, -0.05) is 61.4 Å². The summed E-state index contributed by atoms with van der Waals surface area (Å²) in [6.07, 6.45) is 13.7. The first kappa shape index (κ1) is 33.6. The highest BCUT2D eigenvalue weighted by molar-refractivity contribution is 14.1. The average Bonchev–Trinajstić information content (AvgIpc) is 3.49. The van der Waals surface area contributed by atoms with E-state index in [2.05, 4.69) is 48.6 Å². The molecule has 11 atom stereocenters. The van der Waals surface area contributed by atoms with Crippen LogP contribution in [0.25, 0.3) is 0 Å². The van der Waals surface area contributed by atoms with Crippen LogP contribution in [-0.4, -0.2) is 73.4 Å². The second-order valence-electron chi connectivity index (χ2n) is 12.3. The molecular weight excluding hydrogens is 642 g/mol. The zero-order valence-corrected chi connectivity index (χ0v) is 27.4. The van der Waals surface area contributed by atoms with Crippen LogP contribution in [0.15, 0.2) is 12.2 Å².